The van der Waals surface area contributed by atoms with E-state index in [2.05, 4.69) is 16.1 Å². The first-order valence-electron chi connectivity index (χ1n) is 9.78. The summed E-state index contributed by atoms with van der Waals surface area (Å²) >= 11 is 0. The molecule has 0 N–H and O–H groups in total. The van der Waals surface area contributed by atoms with Gasteiger partial charge in [0, 0.05) is 31.2 Å². The lowest BCUT2D eigenvalue weighted by Gasteiger charge is -2.38. The fourth-order valence-electron chi connectivity index (χ4n) is 5.08. The molecule has 2 aliphatic carbocycles. The van der Waals surface area contributed by atoms with Gasteiger partial charge < -0.3 is 4.90 Å². The lowest BCUT2D eigenvalue weighted by molar-refractivity contribution is 0.0550. The maximum Gasteiger partial charge on any atom is 0.254 e. The van der Waals surface area contributed by atoms with Crippen LogP contribution >= 0.6 is 0 Å². The van der Waals surface area contributed by atoms with Crippen molar-refractivity contribution < 1.29 is 4.79 Å². The molecule has 0 radical (unpaired) electrons. The molecule has 2 atom stereocenters. The highest BCUT2D eigenvalue weighted by Gasteiger charge is 2.38. The van der Waals surface area contributed by atoms with Gasteiger partial charge in [-0.15, -0.1) is 0 Å². The Kier molecular flexibility index (Phi) is 3.41. The van der Waals surface area contributed by atoms with E-state index in [1.54, 1.807) is 0 Å². The first kappa shape index (κ1) is 15.4. The van der Waals surface area contributed by atoms with Gasteiger partial charge >= 0.3 is 0 Å². The number of nitrogens with zero attached hydrogens (tertiary/aromatic N) is 4. The van der Waals surface area contributed by atoms with Crippen LogP contribution in [0.15, 0.2) is 6.07 Å². The molecule has 0 spiro atoms. The van der Waals surface area contributed by atoms with Crippen LogP contribution in [0.1, 0.15) is 72.6 Å². The van der Waals surface area contributed by atoms with Crippen molar-refractivity contribution in [1.82, 2.24) is 19.7 Å². The van der Waals surface area contributed by atoms with Gasteiger partial charge in [-0.25, -0.2) is 4.98 Å². The normalized spacial score (nSPS) is 26.2. The average Bonchev–Trinajstić information content (AvgIpc) is 3.28. The fourth-order valence-corrected chi connectivity index (χ4v) is 5.08. The van der Waals surface area contributed by atoms with E-state index in [9.17, 15) is 4.79 Å². The molecule has 1 aliphatic heterocycles. The third-order valence-corrected chi connectivity index (χ3v) is 6.47. The van der Waals surface area contributed by atoms with Crippen LogP contribution in [0.3, 0.4) is 0 Å². The number of carbonyl (C=O) groups excluding carboxylic acids is 1. The molecule has 0 bridgehead atoms. The minimum Gasteiger partial charge on any atom is -0.335 e. The molecular formula is C20H26N4O. The summed E-state index contributed by atoms with van der Waals surface area (Å²) in [4.78, 5) is 20.6. The molecular weight excluding hydrogens is 312 g/mol. The smallest absolute Gasteiger partial charge is 0.254 e. The Morgan fingerprint density at radius 1 is 1.16 bits per heavy atom. The minimum atomic E-state index is 0.210. The van der Waals surface area contributed by atoms with Gasteiger partial charge in [-0.3, -0.25) is 9.48 Å². The number of hydrogen-bond donors (Lipinski definition) is 0. The van der Waals surface area contributed by atoms with E-state index in [-0.39, 0.29) is 5.91 Å². The van der Waals surface area contributed by atoms with E-state index in [4.69, 9.17) is 4.98 Å². The van der Waals surface area contributed by atoms with Gasteiger partial charge in [-0.1, -0.05) is 6.42 Å². The minimum absolute atomic E-state index is 0.210. The Hall–Kier alpha value is -1.91. The third kappa shape index (κ3) is 2.39. The molecule has 0 aromatic carbocycles. The summed E-state index contributed by atoms with van der Waals surface area (Å²) in [6.07, 6.45) is 8.55. The number of carbonyl (C=O) groups is 1. The van der Waals surface area contributed by atoms with Gasteiger partial charge in [0.15, 0.2) is 5.65 Å². The van der Waals surface area contributed by atoms with E-state index in [0.29, 0.717) is 17.9 Å². The molecule has 1 amide bonds. The molecule has 5 heteroatoms. The number of pyridine rings is 1. The summed E-state index contributed by atoms with van der Waals surface area (Å²) in [5, 5.41) is 5.50. The number of aromatic nitrogens is 3. The van der Waals surface area contributed by atoms with Gasteiger partial charge in [0.05, 0.1) is 16.6 Å². The van der Waals surface area contributed by atoms with Gasteiger partial charge in [0.2, 0.25) is 0 Å². The molecule has 5 nitrogen and oxygen atoms in total. The number of fused-ring (bicyclic) bond motifs is 2. The van der Waals surface area contributed by atoms with E-state index >= 15 is 0 Å². The Bertz CT molecular complexity index is 851. The molecule has 3 aliphatic rings. The largest absolute Gasteiger partial charge is 0.335 e. The van der Waals surface area contributed by atoms with Crippen molar-refractivity contribution in [3.8, 4) is 0 Å². The maximum absolute atomic E-state index is 13.6. The topological polar surface area (TPSA) is 51.0 Å². The van der Waals surface area contributed by atoms with Crippen molar-refractivity contribution in [1.29, 1.82) is 0 Å². The maximum atomic E-state index is 13.6. The second-order valence-corrected chi connectivity index (χ2v) is 8.18. The van der Waals surface area contributed by atoms with E-state index < -0.39 is 0 Å². The summed E-state index contributed by atoms with van der Waals surface area (Å²) in [5.74, 6) is 1.46. The standard InChI is InChI=1S/C20H26N4O/c1-12-18-15(11-16(13-8-9-13)21-19(18)23(2)22-12)20(25)24-10-4-6-14-5-3-7-17(14)24/h11,13-14,17H,3-10H2,1-2H3/t14-,17+/m0/s1. The van der Waals surface area contributed by atoms with Crippen molar-refractivity contribution in [2.24, 2.45) is 13.0 Å². The highest BCUT2D eigenvalue weighted by molar-refractivity contribution is 6.06. The van der Waals surface area contributed by atoms with E-state index in [1.165, 1.54) is 38.5 Å². The van der Waals surface area contributed by atoms with Crippen LogP contribution < -0.4 is 0 Å². The number of aryl methyl sites for hydroxylation is 2. The Balaban J connectivity index is 1.62. The fraction of sp³-hybridized carbons (Fsp3) is 0.650. The van der Waals surface area contributed by atoms with Gasteiger partial charge in [0.25, 0.3) is 5.91 Å². The van der Waals surface area contributed by atoms with Crippen LogP contribution in [0.25, 0.3) is 11.0 Å². The highest BCUT2D eigenvalue weighted by atomic mass is 16.2. The summed E-state index contributed by atoms with van der Waals surface area (Å²) in [6.45, 7) is 2.90. The number of hydrogen-bond acceptors (Lipinski definition) is 3. The van der Waals surface area contributed by atoms with Crippen molar-refractivity contribution in [2.75, 3.05) is 6.54 Å². The first-order valence-corrected chi connectivity index (χ1v) is 9.78. The average molecular weight is 338 g/mol. The lowest BCUT2D eigenvalue weighted by atomic mass is 9.91. The summed E-state index contributed by atoms with van der Waals surface area (Å²) in [6, 6.07) is 2.53. The van der Waals surface area contributed by atoms with Crippen LogP contribution in [0.4, 0.5) is 0 Å². The third-order valence-electron chi connectivity index (χ3n) is 6.47. The monoisotopic (exact) mass is 338 g/mol. The molecule has 5 rings (SSSR count). The van der Waals surface area contributed by atoms with Crippen LogP contribution in [0.2, 0.25) is 0 Å². The molecule has 2 saturated carbocycles. The molecule has 3 heterocycles. The molecule has 132 valence electrons. The summed E-state index contributed by atoms with van der Waals surface area (Å²) < 4.78 is 1.84. The summed E-state index contributed by atoms with van der Waals surface area (Å²) in [7, 11) is 1.93. The quantitative estimate of drug-likeness (QED) is 0.841. The van der Waals surface area contributed by atoms with Crippen molar-refractivity contribution >= 4 is 16.9 Å². The Labute approximate surface area is 148 Å². The van der Waals surface area contributed by atoms with Gasteiger partial charge in [-0.2, -0.15) is 5.10 Å². The van der Waals surface area contributed by atoms with Crippen LogP contribution in [-0.4, -0.2) is 38.2 Å². The van der Waals surface area contributed by atoms with Crippen LogP contribution in [0.5, 0.6) is 0 Å². The Morgan fingerprint density at radius 3 is 2.76 bits per heavy atom. The van der Waals surface area contributed by atoms with Gasteiger partial charge in [0.1, 0.15) is 0 Å². The zero-order valence-electron chi connectivity index (χ0n) is 15.2. The van der Waals surface area contributed by atoms with Crippen molar-refractivity contribution in [3.05, 3.63) is 23.0 Å². The van der Waals surface area contributed by atoms with E-state index in [0.717, 1.165) is 41.0 Å². The second kappa shape index (κ2) is 5.55. The van der Waals surface area contributed by atoms with Crippen LogP contribution in [0, 0.1) is 12.8 Å². The molecule has 2 aromatic heterocycles. The highest BCUT2D eigenvalue weighted by Crippen LogP contribution is 2.42. The second-order valence-electron chi connectivity index (χ2n) is 8.18. The number of piperidine rings is 1. The Morgan fingerprint density at radius 2 is 1.96 bits per heavy atom. The SMILES string of the molecule is Cc1nn(C)c2nc(C3CC3)cc(C(=O)N3CCC[C@@H]4CCC[C@H]43)c12. The van der Waals surface area contributed by atoms with Crippen molar-refractivity contribution in [3.63, 3.8) is 0 Å². The van der Waals surface area contributed by atoms with E-state index in [1.807, 2.05) is 18.7 Å². The van der Waals surface area contributed by atoms with Gasteiger partial charge in [-0.05, 0) is 57.4 Å². The molecule has 0 unspecified atom stereocenters. The molecule has 2 aromatic rings. The predicted octanol–water partition coefficient (Wildman–Crippen LogP) is 3.56. The lowest BCUT2D eigenvalue weighted by Crippen LogP contribution is -2.46. The number of rotatable bonds is 2. The zero-order valence-corrected chi connectivity index (χ0v) is 15.2. The summed E-state index contributed by atoms with van der Waals surface area (Å²) in [5.41, 5.74) is 3.70. The van der Waals surface area contributed by atoms with Crippen molar-refractivity contribution in [2.45, 2.75) is 63.8 Å². The number of amides is 1. The first-order chi connectivity index (χ1) is 12.1. The number of likely N-dealkylation sites (tertiary alicyclic amines) is 1. The molecule has 1 saturated heterocycles. The van der Waals surface area contributed by atoms with Crippen LogP contribution in [-0.2, 0) is 7.05 Å². The predicted molar refractivity (Wildman–Crippen MR) is 96.6 cm³/mol. The zero-order chi connectivity index (χ0) is 17.1. The molecule has 3 fully saturated rings. The molecule has 25 heavy (non-hydrogen) atoms.